The summed E-state index contributed by atoms with van der Waals surface area (Å²) in [6.45, 7) is 2.71. The number of hydrogen-bond acceptors (Lipinski definition) is 3. The first-order valence-electron chi connectivity index (χ1n) is 8.25. The van der Waals surface area contributed by atoms with Crippen molar-refractivity contribution in [2.45, 2.75) is 45.8 Å². The van der Waals surface area contributed by atoms with Gasteiger partial charge in [-0.3, -0.25) is 0 Å². The van der Waals surface area contributed by atoms with Gasteiger partial charge in [-0.2, -0.15) is 0 Å². The van der Waals surface area contributed by atoms with Crippen molar-refractivity contribution < 1.29 is 14.6 Å². The Bertz CT molecular complexity index is 590. The highest BCUT2D eigenvalue weighted by Crippen LogP contribution is 2.25. The van der Waals surface area contributed by atoms with Crippen LogP contribution in [0.2, 0.25) is 0 Å². The molecule has 0 spiro atoms. The van der Waals surface area contributed by atoms with Crippen LogP contribution in [0, 0.1) is 0 Å². The summed E-state index contributed by atoms with van der Waals surface area (Å²) in [7, 11) is 1.59. The molecular weight excluding hydrogens is 288 g/mol. The van der Waals surface area contributed by atoms with Crippen LogP contribution in [0.15, 0.2) is 42.5 Å². The van der Waals surface area contributed by atoms with Gasteiger partial charge in [-0.1, -0.05) is 44.0 Å². The first kappa shape index (κ1) is 17.4. The standard InChI is InChI=1S/C20H26O3/c1-3-4-5-6-16-7-9-17(10-8-16)15-23-19-12-11-18(14-21)20(13-19)22-2/h7-13,21H,3-6,14-15H2,1-2H3. The number of aliphatic hydroxyl groups is 1. The third-order valence-corrected chi connectivity index (χ3v) is 3.93. The summed E-state index contributed by atoms with van der Waals surface area (Å²) < 4.78 is 11.1. The van der Waals surface area contributed by atoms with Gasteiger partial charge in [0, 0.05) is 11.6 Å². The molecule has 3 heteroatoms. The van der Waals surface area contributed by atoms with Crippen LogP contribution in [-0.4, -0.2) is 12.2 Å². The Labute approximate surface area is 138 Å². The van der Waals surface area contributed by atoms with Gasteiger partial charge in [0.15, 0.2) is 0 Å². The maximum atomic E-state index is 9.23. The highest BCUT2D eigenvalue weighted by Gasteiger charge is 2.04. The minimum atomic E-state index is -0.0387. The lowest BCUT2D eigenvalue weighted by Gasteiger charge is -2.11. The second-order valence-electron chi connectivity index (χ2n) is 5.69. The minimum absolute atomic E-state index is 0.0387. The molecule has 3 nitrogen and oxygen atoms in total. The van der Waals surface area contributed by atoms with Gasteiger partial charge in [0.05, 0.1) is 13.7 Å². The molecule has 2 aromatic rings. The summed E-state index contributed by atoms with van der Waals surface area (Å²) in [5.41, 5.74) is 3.29. The lowest BCUT2D eigenvalue weighted by atomic mass is 10.1. The maximum absolute atomic E-state index is 9.23. The smallest absolute Gasteiger partial charge is 0.128 e. The molecule has 0 saturated heterocycles. The summed E-state index contributed by atoms with van der Waals surface area (Å²) in [5, 5.41) is 9.23. The lowest BCUT2D eigenvalue weighted by molar-refractivity contribution is 0.271. The third-order valence-electron chi connectivity index (χ3n) is 3.93. The average Bonchev–Trinajstić information content (AvgIpc) is 2.61. The molecule has 0 bridgehead atoms. The van der Waals surface area contributed by atoms with Crippen molar-refractivity contribution >= 4 is 0 Å². The Kier molecular flexibility index (Phi) is 6.95. The fraction of sp³-hybridized carbons (Fsp3) is 0.400. The molecule has 0 unspecified atom stereocenters. The number of unbranched alkanes of at least 4 members (excludes halogenated alkanes) is 2. The molecule has 1 N–H and O–H groups in total. The molecule has 0 heterocycles. The SMILES string of the molecule is CCCCCc1ccc(COc2ccc(CO)c(OC)c2)cc1. The van der Waals surface area contributed by atoms with Gasteiger partial charge < -0.3 is 14.6 Å². The van der Waals surface area contributed by atoms with E-state index in [1.807, 2.05) is 18.2 Å². The number of hydrogen-bond donors (Lipinski definition) is 1. The van der Waals surface area contributed by atoms with Gasteiger partial charge in [0.2, 0.25) is 0 Å². The van der Waals surface area contributed by atoms with Gasteiger partial charge in [-0.15, -0.1) is 0 Å². The number of aryl methyl sites for hydroxylation is 1. The van der Waals surface area contributed by atoms with Gasteiger partial charge in [0.1, 0.15) is 18.1 Å². The van der Waals surface area contributed by atoms with Crippen molar-refractivity contribution in [2.24, 2.45) is 0 Å². The molecule has 0 radical (unpaired) electrons. The molecule has 0 amide bonds. The normalized spacial score (nSPS) is 10.6. The first-order chi connectivity index (χ1) is 11.3. The third kappa shape index (κ3) is 5.29. The molecule has 0 aliphatic carbocycles. The molecule has 23 heavy (non-hydrogen) atoms. The number of ether oxygens (including phenoxy) is 2. The van der Waals surface area contributed by atoms with Crippen molar-refractivity contribution in [3.63, 3.8) is 0 Å². The molecule has 0 saturated carbocycles. The molecule has 0 aliphatic heterocycles. The predicted molar refractivity (Wildman–Crippen MR) is 92.9 cm³/mol. The van der Waals surface area contributed by atoms with Crippen molar-refractivity contribution in [3.05, 3.63) is 59.2 Å². The van der Waals surface area contributed by atoms with Crippen LogP contribution in [0.5, 0.6) is 11.5 Å². The van der Waals surface area contributed by atoms with Gasteiger partial charge in [-0.05, 0) is 36.1 Å². The van der Waals surface area contributed by atoms with Gasteiger partial charge in [0.25, 0.3) is 0 Å². The molecule has 0 atom stereocenters. The first-order valence-corrected chi connectivity index (χ1v) is 8.25. The Morgan fingerprint density at radius 1 is 0.957 bits per heavy atom. The van der Waals surface area contributed by atoms with E-state index in [1.165, 1.54) is 24.8 Å². The van der Waals surface area contributed by atoms with E-state index >= 15 is 0 Å². The summed E-state index contributed by atoms with van der Waals surface area (Å²) in [6.07, 6.45) is 4.94. The fourth-order valence-electron chi connectivity index (χ4n) is 2.49. The van der Waals surface area contributed by atoms with Crippen LogP contribution in [0.4, 0.5) is 0 Å². The van der Waals surface area contributed by atoms with E-state index in [9.17, 15) is 5.11 Å². The largest absolute Gasteiger partial charge is 0.496 e. The summed E-state index contributed by atoms with van der Waals surface area (Å²) in [4.78, 5) is 0. The topological polar surface area (TPSA) is 38.7 Å². The van der Waals surface area contributed by atoms with Gasteiger partial charge in [-0.25, -0.2) is 0 Å². The number of methoxy groups -OCH3 is 1. The summed E-state index contributed by atoms with van der Waals surface area (Å²) in [6, 6.07) is 14.1. The number of aliphatic hydroxyl groups excluding tert-OH is 1. The molecule has 2 aromatic carbocycles. The van der Waals surface area contributed by atoms with Crippen LogP contribution < -0.4 is 9.47 Å². The van der Waals surface area contributed by atoms with E-state index in [0.29, 0.717) is 12.4 Å². The molecule has 0 aliphatic rings. The van der Waals surface area contributed by atoms with E-state index in [4.69, 9.17) is 9.47 Å². The Balaban J connectivity index is 1.90. The lowest BCUT2D eigenvalue weighted by Crippen LogP contribution is -1.98. The van der Waals surface area contributed by atoms with E-state index in [0.717, 1.165) is 23.3 Å². The van der Waals surface area contributed by atoms with Crippen LogP contribution in [0.25, 0.3) is 0 Å². The average molecular weight is 314 g/mol. The molecule has 124 valence electrons. The van der Waals surface area contributed by atoms with Crippen LogP contribution in [0.1, 0.15) is 42.9 Å². The predicted octanol–water partition coefficient (Wildman–Crippen LogP) is 4.50. The fourth-order valence-corrected chi connectivity index (χ4v) is 2.49. The zero-order valence-corrected chi connectivity index (χ0v) is 14.0. The van der Waals surface area contributed by atoms with Crippen molar-refractivity contribution in [1.29, 1.82) is 0 Å². The van der Waals surface area contributed by atoms with E-state index in [1.54, 1.807) is 7.11 Å². The molecule has 0 aromatic heterocycles. The maximum Gasteiger partial charge on any atom is 0.128 e. The Morgan fingerprint density at radius 2 is 1.70 bits per heavy atom. The summed E-state index contributed by atoms with van der Waals surface area (Å²) >= 11 is 0. The molecule has 2 rings (SSSR count). The molecular formula is C20H26O3. The highest BCUT2D eigenvalue weighted by molar-refractivity contribution is 5.40. The quantitative estimate of drug-likeness (QED) is 0.693. The monoisotopic (exact) mass is 314 g/mol. The van der Waals surface area contributed by atoms with Crippen molar-refractivity contribution in [3.8, 4) is 11.5 Å². The zero-order valence-electron chi connectivity index (χ0n) is 14.0. The van der Waals surface area contributed by atoms with Crippen LogP contribution >= 0.6 is 0 Å². The summed E-state index contributed by atoms with van der Waals surface area (Å²) in [5.74, 6) is 1.39. The highest BCUT2D eigenvalue weighted by atomic mass is 16.5. The van der Waals surface area contributed by atoms with Crippen LogP contribution in [0.3, 0.4) is 0 Å². The van der Waals surface area contributed by atoms with E-state index < -0.39 is 0 Å². The Morgan fingerprint density at radius 3 is 2.35 bits per heavy atom. The van der Waals surface area contributed by atoms with Crippen LogP contribution in [-0.2, 0) is 19.6 Å². The van der Waals surface area contributed by atoms with Crippen molar-refractivity contribution in [2.75, 3.05) is 7.11 Å². The van der Waals surface area contributed by atoms with Gasteiger partial charge >= 0.3 is 0 Å². The number of benzene rings is 2. The second kappa shape index (κ2) is 9.21. The molecule has 0 fully saturated rings. The number of rotatable bonds is 9. The zero-order chi connectivity index (χ0) is 16.5. The Hall–Kier alpha value is -2.00. The van der Waals surface area contributed by atoms with E-state index in [2.05, 4.69) is 31.2 Å². The minimum Gasteiger partial charge on any atom is -0.496 e. The van der Waals surface area contributed by atoms with Crippen molar-refractivity contribution in [1.82, 2.24) is 0 Å². The second-order valence-corrected chi connectivity index (χ2v) is 5.69. The van der Waals surface area contributed by atoms with E-state index in [-0.39, 0.29) is 6.61 Å².